The number of carbonyl (C=O) groups excluding carboxylic acids is 2. The Morgan fingerprint density at radius 3 is 2.67 bits per heavy atom. The highest BCUT2D eigenvalue weighted by atomic mass is 16.2. The van der Waals surface area contributed by atoms with Crippen LogP contribution < -0.4 is 4.90 Å². The Bertz CT molecular complexity index is 813. The van der Waals surface area contributed by atoms with E-state index in [0.717, 1.165) is 37.4 Å². The summed E-state index contributed by atoms with van der Waals surface area (Å²) in [5.74, 6) is -0.301. The number of amides is 2. The van der Waals surface area contributed by atoms with Gasteiger partial charge in [-0.1, -0.05) is 18.2 Å². The van der Waals surface area contributed by atoms with E-state index in [1.807, 2.05) is 33.8 Å². The zero-order chi connectivity index (χ0) is 18.8. The summed E-state index contributed by atoms with van der Waals surface area (Å²) in [7, 11) is 1.77. The molecule has 1 aromatic carbocycles. The number of anilines is 1. The van der Waals surface area contributed by atoms with Crippen molar-refractivity contribution in [1.29, 1.82) is 0 Å². The van der Waals surface area contributed by atoms with E-state index in [1.54, 1.807) is 18.3 Å². The van der Waals surface area contributed by atoms with Gasteiger partial charge in [0.25, 0.3) is 0 Å². The van der Waals surface area contributed by atoms with Crippen LogP contribution in [-0.4, -0.2) is 76.2 Å². The molecule has 0 bridgehead atoms. The maximum atomic E-state index is 13.1. The van der Waals surface area contributed by atoms with Crippen LogP contribution in [0.3, 0.4) is 0 Å². The molecule has 8 heteroatoms. The first kappa shape index (κ1) is 17.7. The first-order valence-electron chi connectivity index (χ1n) is 9.32. The van der Waals surface area contributed by atoms with Gasteiger partial charge in [0.2, 0.25) is 11.8 Å². The van der Waals surface area contributed by atoms with Crippen LogP contribution in [0.5, 0.6) is 0 Å². The molecule has 0 unspecified atom stereocenters. The number of para-hydroxylation sites is 1. The predicted molar refractivity (Wildman–Crippen MR) is 100 cm³/mol. The van der Waals surface area contributed by atoms with Gasteiger partial charge in [-0.05, 0) is 11.6 Å². The molecule has 1 atom stereocenters. The average Bonchev–Trinajstić information content (AvgIpc) is 3.23. The fourth-order valence-corrected chi connectivity index (χ4v) is 3.87. The summed E-state index contributed by atoms with van der Waals surface area (Å²) in [6.45, 7) is 4.74. The largest absolute Gasteiger partial charge is 0.340 e. The Morgan fingerprint density at radius 2 is 1.93 bits per heavy atom. The third-order valence-corrected chi connectivity index (χ3v) is 5.52. The Labute approximate surface area is 158 Å². The van der Waals surface area contributed by atoms with Crippen molar-refractivity contribution in [3.05, 3.63) is 42.5 Å². The summed E-state index contributed by atoms with van der Waals surface area (Å²) in [5, 5.41) is 4.12. The van der Waals surface area contributed by atoms with Crippen LogP contribution in [0.25, 0.3) is 0 Å². The maximum Gasteiger partial charge on any atom is 0.230 e. The zero-order valence-electron chi connectivity index (χ0n) is 15.5. The van der Waals surface area contributed by atoms with Crippen LogP contribution in [-0.2, 0) is 16.1 Å². The molecule has 2 aliphatic heterocycles. The van der Waals surface area contributed by atoms with Crippen LogP contribution >= 0.6 is 0 Å². The number of fused-ring (bicyclic) bond motifs is 1. The summed E-state index contributed by atoms with van der Waals surface area (Å²) in [6, 6.07) is 7.72. The van der Waals surface area contributed by atoms with Crippen LogP contribution in [0.2, 0.25) is 0 Å². The van der Waals surface area contributed by atoms with Gasteiger partial charge in [0.15, 0.2) is 0 Å². The van der Waals surface area contributed by atoms with Gasteiger partial charge in [-0.25, -0.2) is 4.98 Å². The van der Waals surface area contributed by atoms with Crippen molar-refractivity contribution in [3.63, 3.8) is 0 Å². The molecular formula is C19H24N6O2. The average molecular weight is 368 g/mol. The number of rotatable bonds is 4. The molecule has 1 aromatic heterocycles. The molecule has 0 aliphatic carbocycles. The molecule has 1 saturated heterocycles. The molecule has 0 N–H and O–H groups in total. The first-order valence-corrected chi connectivity index (χ1v) is 9.32. The normalized spacial score (nSPS) is 20.6. The zero-order valence-corrected chi connectivity index (χ0v) is 15.5. The van der Waals surface area contributed by atoms with Crippen molar-refractivity contribution in [2.45, 2.75) is 18.9 Å². The SMILES string of the molecule is CN1C(=O)C[C@@H](C(=O)N2CCN(CCn3cncn3)CC2)c2ccccc21. The molecule has 2 amide bonds. The van der Waals surface area contributed by atoms with Crippen molar-refractivity contribution in [2.75, 3.05) is 44.7 Å². The summed E-state index contributed by atoms with van der Waals surface area (Å²) >= 11 is 0. The number of nitrogens with zero attached hydrogens (tertiary/aromatic N) is 6. The second-order valence-electron chi connectivity index (χ2n) is 7.09. The third-order valence-electron chi connectivity index (χ3n) is 5.52. The summed E-state index contributed by atoms with van der Waals surface area (Å²) in [4.78, 5) is 35.3. The topological polar surface area (TPSA) is 74.6 Å². The molecule has 4 rings (SSSR count). The number of carbonyl (C=O) groups is 2. The lowest BCUT2D eigenvalue weighted by molar-refractivity contribution is -0.136. The van der Waals surface area contributed by atoms with E-state index in [1.165, 1.54) is 6.33 Å². The van der Waals surface area contributed by atoms with Gasteiger partial charge in [-0.15, -0.1) is 0 Å². The first-order chi connectivity index (χ1) is 13.1. The lowest BCUT2D eigenvalue weighted by atomic mass is 9.88. The highest BCUT2D eigenvalue weighted by Crippen LogP contribution is 2.36. The van der Waals surface area contributed by atoms with Gasteiger partial charge in [0.05, 0.1) is 12.5 Å². The number of hydrogen-bond donors (Lipinski definition) is 0. The minimum absolute atomic E-state index is 0.00137. The van der Waals surface area contributed by atoms with Crippen LogP contribution in [0.1, 0.15) is 17.9 Å². The molecule has 3 heterocycles. The Morgan fingerprint density at radius 1 is 1.15 bits per heavy atom. The number of piperazine rings is 1. The fourth-order valence-electron chi connectivity index (χ4n) is 3.87. The van der Waals surface area contributed by atoms with E-state index in [0.29, 0.717) is 13.1 Å². The third kappa shape index (κ3) is 3.57. The molecule has 0 spiro atoms. The second kappa shape index (κ2) is 7.48. The highest BCUT2D eigenvalue weighted by molar-refractivity contribution is 6.02. The van der Waals surface area contributed by atoms with Gasteiger partial charge in [-0.3, -0.25) is 19.2 Å². The lowest BCUT2D eigenvalue weighted by Gasteiger charge is -2.38. The quantitative estimate of drug-likeness (QED) is 0.789. The van der Waals surface area contributed by atoms with Crippen molar-refractivity contribution in [1.82, 2.24) is 24.6 Å². The van der Waals surface area contributed by atoms with E-state index in [9.17, 15) is 9.59 Å². The van der Waals surface area contributed by atoms with Crippen LogP contribution in [0.4, 0.5) is 5.69 Å². The minimum atomic E-state index is -0.369. The molecule has 0 saturated carbocycles. The van der Waals surface area contributed by atoms with Crippen molar-refractivity contribution in [2.24, 2.45) is 0 Å². The highest BCUT2D eigenvalue weighted by Gasteiger charge is 2.36. The second-order valence-corrected chi connectivity index (χ2v) is 7.09. The Hall–Kier alpha value is -2.74. The van der Waals surface area contributed by atoms with Crippen molar-refractivity contribution >= 4 is 17.5 Å². The van der Waals surface area contributed by atoms with E-state index in [4.69, 9.17) is 0 Å². The van der Waals surface area contributed by atoms with Gasteiger partial charge in [0, 0.05) is 51.9 Å². The molecule has 142 valence electrons. The molecule has 8 nitrogen and oxygen atoms in total. The van der Waals surface area contributed by atoms with E-state index >= 15 is 0 Å². The monoisotopic (exact) mass is 368 g/mol. The predicted octanol–water partition coefficient (Wildman–Crippen LogP) is 0.573. The van der Waals surface area contributed by atoms with Gasteiger partial charge in [0.1, 0.15) is 12.7 Å². The van der Waals surface area contributed by atoms with Crippen molar-refractivity contribution in [3.8, 4) is 0 Å². The molecule has 1 fully saturated rings. The number of benzene rings is 1. The summed E-state index contributed by atoms with van der Waals surface area (Å²) < 4.78 is 1.82. The Kier molecular flexibility index (Phi) is 4.89. The Balaban J connectivity index is 1.38. The lowest BCUT2D eigenvalue weighted by Crippen LogP contribution is -2.51. The van der Waals surface area contributed by atoms with E-state index < -0.39 is 0 Å². The van der Waals surface area contributed by atoms with E-state index in [-0.39, 0.29) is 24.2 Å². The van der Waals surface area contributed by atoms with Crippen LogP contribution in [0, 0.1) is 0 Å². The molecule has 2 aliphatic rings. The molecular weight excluding hydrogens is 344 g/mol. The summed E-state index contributed by atoms with van der Waals surface area (Å²) in [6.07, 6.45) is 3.50. The maximum absolute atomic E-state index is 13.1. The van der Waals surface area contributed by atoms with Gasteiger partial charge < -0.3 is 9.80 Å². The molecule has 27 heavy (non-hydrogen) atoms. The number of aromatic nitrogens is 3. The van der Waals surface area contributed by atoms with Gasteiger partial charge >= 0.3 is 0 Å². The fraction of sp³-hybridized carbons (Fsp3) is 0.474. The number of hydrogen-bond acceptors (Lipinski definition) is 5. The smallest absolute Gasteiger partial charge is 0.230 e. The minimum Gasteiger partial charge on any atom is -0.340 e. The summed E-state index contributed by atoms with van der Waals surface area (Å²) in [5.41, 5.74) is 1.80. The molecule has 2 aromatic rings. The molecule has 0 radical (unpaired) electrons. The van der Waals surface area contributed by atoms with Crippen molar-refractivity contribution < 1.29 is 9.59 Å². The van der Waals surface area contributed by atoms with Crippen LogP contribution in [0.15, 0.2) is 36.9 Å². The van der Waals surface area contributed by atoms with E-state index in [2.05, 4.69) is 15.0 Å². The standard InChI is InChI=1S/C19H24N6O2/c1-22-17-5-3-2-4-15(17)16(12-18(22)26)19(27)24-9-6-23(7-10-24)8-11-25-14-20-13-21-25/h2-5,13-14,16H,6-12H2,1H3/t16-/m1/s1. The van der Waals surface area contributed by atoms with Gasteiger partial charge in [-0.2, -0.15) is 5.10 Å².